The Kier molecular flexibility index (Phi) is 8.07. The van der Waals surface area contributed by atoms with Crippen LogP contribution in [0.25, 0.3) is 6.08 Å². The summed E-state index contributed by atoms with van der Waals surface area (Å²) in [5.41, 5.74) is 1.43. The molecule has 7 heteroatoms. The van der Waals surface area contributed by atoms with E-state index in [1.165, 1.54) is 13.2 Å². The number of nitrogens with zero attached hydrogens (tertiary/aromatic N) is 1. The zero-order valence-corrected chi connectivity index (χ0v) is 16.0. The Bertz CT molecular complexity index is 901. The summed E-state index contributed by atoms with van der Waals surface area (Å²) in [6.45, 7) is -0.0701. The first-order valence-corrected chi connectivity index (χ1v) is 8.83. The summed E-state index contributed by atoms with van der Waals surface area (Å²) in [7, 11) is 1.52. The first-order chi connectivity index (χ1) is 13.5. The van der Waals surface area contributed by atoms with Crippen LogP contribution in [-0.4, -0.2) is 32.1 Å². The summed E-state index contributed by atoms with van der Waals surface area (Å²) in [6.07, 6.45) is 2.00. The molecule has 0 saturated heterocycles. The summed E-state index contributed by atoms with van der Waals surface area (Å²) in [4.78, 5) is 23.8. The van der Waals surface area contributed by atoms with E-state index in [0.717, 1.165) is 5.56 Å². The van der Waals surface area contributed by atoms with Crippen LogP contribution in [0.1, 0.15) is 11.1 Å². The Hall–Kier alpha value is -3.30. The summed E-state index contributed by atoms with van der Waals surface area (Å²) < 4.78 is 10.0. The molecule has 2 aromatic rings. The molecule has 0 radical (unpaired) electrons. The second-order valence-corrected chi connectivity index (χ2v) is 6.19. The van der Waals surface area contributed by atoms with Gasteiger partial charge in [-0.15, -0.1) is 0 Å². The van der Waals surface area contributed by atoms with Gasteiger partial charge in [0.05, 0.1) is 7.11 Å². The molecule has 0 fully saturated rings. The van der Waals surface area contributed by atoms with Gasteiger partial charge < -0.3 is 14.8 Å². The van der Waals surface area contributed by atoms with Crippen LogP contribution in [-0.2, 0) is 20.7 Å². The Balaban J connectivity index is 1.82. The monoisotopic (exact) mass is 398 g/mol. The van der Waals surface area contributed by atoms with Crippen LogP contribution >= 0.6 is 11.6 Å². The molecule has 0 heterocycles. The van der Waals surface area contributed by atoms with E-state index in [0.29, 0.717) is 29.3 Å². The molecule has 6 nitrogen and oxygen atoms in total. The molecule has 0 aliphatic rings. The lowest BCUT2D eigenvalue weighted by Gasteiger charge is -2.07. The SMILES string of the molecule is COc1cccc(/C=C(\C#N)C(=O)OCC(=O)NCCc2ccc(Cl)cc2)c1. The summed E-state index contributed by atoms with van der Waals surface area (Å²) in [5, 5.41) is 12.5. The van der Waals surface area contributed by atoms with Gasteiger partial charge in [0.2, 0.25) is 0 Å². The summed E-state index contributed by atoms with van der Waals surface area (Å²) in [5.74, 6) is -0.710. The van der Waals surface area contributed by atoms with Crippen molar-refractivity contribution in [3.05, 3.63) is 70.3 Å². The van der Waals surface area contributed by atoms with Crippen LogP contribution < -0.4 is 10.1 Å². The highest BCUT2D eigenvalue weighted by molar-refractivity contribution is 6.30. The number of benzene rings is 2. The largest absolute Gasteiger partial charge is 0.497 e. The van der Waals surface area contributed by atoms with Crippen molar-refractivity contribution in [2.24, 2.45) is 0 Å². The lowest BCUT2D eigenvalue weighted by atomic mass is 10.1. The van der Waals surface area contributed by atoms with E-state index in [4.69, 9.17) is 21.1 Å². The average Bonchev–Trinajstić information content (AvgIpc) is 2.71. The van der Waals surface area contributed by atoms with E-state index in [2.05, 4.69) is 5.32 Å². The first kappa shape index (κ1) is 21.0. The third-order valence-electron chi connectivity index (χ3n) is 3.73. The zero-order valence-electron chi connectivity index (χ0n) is 15.3. The fourth-order valence-corrected chi connectivity index (χ4v) is 2.42. The number of rotatable bonds is 8. The van der Waals surface area contributed by atoms with E-state index in [-0.39, 0.29) is 5.57 Å². The van der Waals surface area contributed by atoms with Crippen LogP contribution in [0, 0.1) is 11.3 Å². The van der Waals surface area contributed by atoms with Gasteiger partial charge in [0.1, 0.15) is 17.4 Å². The minimum Gasteiger partial charge on any atom is -0.497 e. The first-order valence-electron chi connectivity index (χ1n) is 8.46. The Labute approximate surface area is 168 Å². The maximum absolute atomic E-state index is 12.0. The fourth-order valence-electron chi connectivity index (χ4n) is 2.29. The molecule has 0 aliphatic carbocycles. The van der Waals surface area contributed by atoms with Crippen molar-refractivity contribution < 1.29 is 19.1 Å². The predicted molar refractivity (Wildman–Crippen MR) is 106 cm³/mol. The number of carbonyl (C=O) groups excluding carboxylic acids is 2. The third kappa shape index (κ3) is 6.78. The van der Waals surface area contributed by atoms with Gasteiger partial charge in [-0.2, -0.15) is 5.26 Å². The Morgan fingerprint density at radius 3 is 2.64 bits per heavy atom. The van der Waals surface area contributed by atoms with Crippen molar-refractivity contribution in [2.45, 2.75) is 6.42 Å². The van der Waals surface area contributed by atoms with Gasteiger partial charge in [-0.1, -0.05) is 35.9 Å². The van der Waals surface area contributed by atoms with Crippen molar-refractivity contribution in [1.82, 2.24) is 5.32 Å². The molecule has 0 saturated carbocycles. The molecule has 0 spiro atoms. The number of hydrogen-bond acceptors (Lipinski definition) is 5. The normalized spacial score (nSPS) is 10.7. The number of nitriles is 1. The van der Waals surface area contributed by atoms with Crippen molar-refractivity contribution in [3.63, 3.8) is 0 Å². The number of methoxy groups -OCH3 is 1. The predicted octanol–water partition coefficient (Wildman–Crippen LogP) is 3.16. The molecule has 2 aromatic carbocycles. The fraction of sp³-hybridized carbons (Fsp3) is 0.190. The molecule has 0 bridgehead atoms. The van der Waals surface area contributed by atoms with Crippen molar-refractivity contribution in [2.75, 3.05) is 20.3 Å². The van der Waals surface area contributed by atoms with Crippen LogP contribution in [0.5, 0.6) is 5.75 Å². The summed E-state index contributed by atoms with van der Waals surface area (Å²) in [6, 6.07) is 16.0. The third-order valence-corrected chi connectivity index (χ3v) is 3.98. The Morgan fingerprint density at radius 1 is 1.21 bits per heavy atom. The van der Waals surface area contributed by atoms with E-state index in [1.54, 1.807) is 42.5 Å². The number of amides is 1. The molecule has 0 unspecified atom stereocenters. The molecule has 144 valence electrons. The number of halogens is 1. The smallest absolute Gasteiger partial charge is 0.349 e. The quantitative estimate of drug-likeness (QED) is 0.419. The second-order valence-electron chi connectivity index (χ2n) is 5.75. The molecule has 1 amide bonds. The molecule has 1 N–H and O–H groups in total. The van der Waals surface area contributed by atoms with E-state index < -0.39 is 18.5 Å². The molecule has 0 aromatic heterocycles. The van der Waals surface area contributed by atoms with E-state index >= 15 is 0 Å². The molecule has 2 rings (SSSR count). The van der Waals surface area contributed by atoms with Gasteiger partial charge in [0, 0.05) is 11.6 Å². The standard InChI is InChI=1S/C21H19ClN2O4/c1-27-19-4-2-3-16(12-19)11-17(13-23)21(26)28-14-20(25)24-10-9-15-5-7-18(22)8-6-15/h2-8,11-12H,9-10,14H2,1H3,(H,24,25)/b17-11+. The van der Waals surface area contributed by atoms with E-state index in [1.807, 2.05) is 12.1 Å². The van der Waals surface area contributed by atoms with Crippen molar-refractivity contribution >= 4 is 29.6 Å². The maximum Gasteiger partial charge on any atom is 0.349 e. The van der Waals surface area contributed by atoms with Gasteiger partial charge in [-0.05, 0) is 47.9 Å². The van der Waals surface area contributed by atoms with Crippen LogP contribution in [0.2, 0.25) is 5.02 Å². The van der Waals surface area contributed by atoms with Crippen molar-refractivity contribution in [1.29, 1.82) is 5.26 Å². The molecular formula is C21H19ClN2O4. The minimum absolute atomic E-state index is 0.206. The van der Waals surface area contributed by atoms with Crippen LogP contribution in [0.4, 0.5) is 0 Å². The molecular weight excluding hydrogens is 380 g/mol. The molecule has 0 aliphatic heterocycles. The van der Waals surface area contributed by atoms with E-state index in [9.17, 15) is 14.9 Å². The van der Waals surface area contributed by atoms with Gasteiger partial charge in [-0.25, -0.2) is 4.79 Å². The number of esters is 1. The van der Waals surface area contributed by atoms with Gasteiger partial charge in [0.25, 0.3) is 5.91 Å². The highest BCUT2D eigenvalue weighted by Crippen LogP contribution is 2.15. The number of carbonyl (C=O) groups is 2. The maximum atomic E-state index is 12.0. The highest BCUT2D eigenvalue weighted by Gasteiger charge is 2.13. The van der Waals surface area contributed by atoms with Gasteiger partial charge in [0.15, 0.2) is 6.61 Å². The number of hydrogen-bond donors (Lipinski definition) is 1. The molecule has 28 heavy (non-hydrogen) atoms. The van der Waals surface area contributed by atoms with Gasteiger partial charge in [-0.3, -0.25) is 4.79 Å². The Morgan fingerprint density at radius 2 is 1.96 bits per heavy atom. The number of nitrogens with one attached hydrogen (secondary N) is 1. The second kappa shape index (κ2) is 10.8. The van der Waals surface area contributed by atoms with Crippen LogP contribution in [0.15, 0.2) is 54.1 Å². The van der Waals surface area contributed by atoms with Crippen molar-refractivity contribution in [3.8, 4) is 11.8 Å². The minimum atomic E-state index is -0.863. The molecule has 0 atom stereocenters. The van der Waals surface area contributed by atoms with Crippen LogP contribution in [0.3, 0.4) is 0 Å². The lowest BCUT2D eigenvalue weighted by Crippen LogP contribution is -2.30. The number of ether oxygens (including phenoxy) is 2. The highest BCUT2D eigenvalue weighted by atomic mass is 35.5. The topological polar surface area (TPSA) is 88.4 Å². The summed E-state index contributed by atoms with van der Waals surface area (Å²) >= 11 is 5.82. The zero-order chi connectivity index (χ0) is 20.4. The van der Waals surface area contributed by atoms with Gasteiger partial charge >= 0.3 is 5.97 Å². The lowest BCUT2D eigenvalue weighted by molar-refractivity contribution is -0.144. The average molecular weight is 399 g/mol.